The van der Waals surface area contributed by atoms with E-state index in [0.29, 0.717) is 0 Å². The minimum atomic E-state index is -4.25. The molecule has 0 heterocycles. The van der Waals surface area contributed by atoms with Crippen molar-refractivity contribution in [3.63, 3.8) is 0 Å². The van der Waals surface area contributed by atoms with Gasteiger partial charge in [0.1, 0.15) is 23.0 Å². The van der Waals surface area contributed by atoms with Gasteiger partial charge in [-0.1, -0.05) is 72.8 Å². The van der Waals surface area contributed by atoms with Crippen LogP contribution in [0.3, 0.4) is 0 Å². The number of allylic oxidation sites excluding steroid dienone is 2. The number of carbonyl (C=O) groups excluding carboxylic acids is 1. The summed E-state index contributed by atoms with van der Waals surface area (Å²) in [4.78, 5) is 12.7. The van der Waals surface area contributed by atoms with E-state index in [1.807, 2.05) is 0 Å². The van der Waals surface area contributed by atoms with Gasteiger partial charge in [-0.15, -0.1) is 0 Å². The van der Waals surface area contributed by atoms with Gasteiger partial charge in [0.25, 0.3) is 5.78 Å². The molecule has 48 heavy (non-hydrogen) atoms. The molecule has 0 saturated carbocycles. The summed E-state index contributed by atoms with van der Waals surface area (Å²) in [5.41, 5.74) is 0. The maximum atomic E-state index is 17.5. The first-order valence-corrected chi connectivity index (χ1v) is 14.0. The molecular formula is C36H20F6O6. The minimum Gasteiger partial charge on any atom is -0.451 e. The van der Waals surface area contributed by atoms with Gasteiger partial charge in [-0.25, -0.2) is 0 Å². The van der Waals surface area contributed by atoms with Gasteiger partial charge in [-0.3, -0.25) is 4.79 Å². The number of carbonyl (C=O) groups is 1. The molecule has 0 amide bonds. The fourth-order valence-electron chi connectivity index (χ4n) is 4.43. The Balaban J connectivity index is 1.56. The molecular weight excluding hydrogens is 642 g/mol. The summed E-state index contributed by atoms with van der Waals surface area (Å²) in [6, 6.07) is 27.7. The SMILES string of the molecule is O=C1C(F)=C(Oc2ccccc2)C(F)(Oc2c(F)c(Oc3ccccc3)c(F)c(Oc3ccccc3)c2F)C(Oc2ccccc2)=C1F. The first-order chi connectivity index (χ1) is 23.2. The normalized spacial score (nSPS) is 14.1. The largest absolute Gasteiger partial charge is 0.451 e. The van der Waals surface area contributed by atoms with Gasteiger partial charge < -0.3 is 23.7 Å². The second-order valence-electron chi connectivity index (χ2n) is 9.90. The van der Waals surface area contributed by atoms with Crippen molar-refractivity contribution in [3.8, 4) is 40.2 Å². The number of ether oxygens (including phenoxy) is 5. The molecule has 0 aliphatic heterocycles. The average molecular weight is 663 g/mol. The number of hydrogen-bond acceptors (Lipinski definition) is 6. The molecule has 6 rings (SSSR count). The van der Waals surface area contributed by atoms with E-state index in [0.717, 1.165) is 0 Å². The number of ketones is 1. The van der Waals surface area contributed by atoms with Gasteiger partial charge in [0.15, 0.2) is 0 Å². The third kappa shape index (κ3) is 6.15. The lowest BCUT2D eigenvalue weighted by Crippen LogP contribution is -2.45. The van der Waals surface area contributed by atoms with E-state index >= 15 is 26.3 Å². The van der Waals surface area contributed by atoms with Crippen molar-refractivity contribution < 1.29 is 54.8 Å². The number of alkyl halides is 1. The van der Waals surface area contributed by atoms with Crippen LogP contribution < -0.4 is 23.7 Å². The summed E-state index contributed by atoms with van der Waals surface area (Å²) in [6.07, 6.45) is 0. The summed E-state index contributed by atoms with van der Waals surface area (Å²) >= 11 is 0. The highest BCUT2D eigenvalue weighted by molar-refractivity contribution is 6.07. The molecule has 1 aliphatic rings. The molecule has 0 fully saturated rings. The number of hydrogen-bond donors (Lipinski definition) is 0. The fraction of sp³-hybridized carbons (Fsp3) is 0.0278. The highest BCUT2D eigenvalue weighted by Crippen LogP contribution is 2.49. The third-order valence-corrected chi connectivity index (χ3v) is 6.67. The average Bonchev–Trinajstić information content (AvgIpc) is 3.12. The molecule has 0 unspecified atom stereocenters. The second-order valence-corrected chi connectivity index (χ2v) is 9.90. The lowest BCUT2D eigenvalue weighted by atomic mass is 10.0. The molecule has 0 spiro atoms. The Labute approximate surface area is 268 Å². The van der Waals surface area contributed by atoms with Gasteiger partial charge in [0.2, 0.25) is 57.9 Å². The molecule has 12 heteroatoms. The fourth-order valence-corrected chi connectivity index (χ4v) is 4.43. The Morgan fingerprint density at radius 3 is 1.04 bits per heavy atom. The first-order valence-electron chi connectivity index (χ1n) is 14.0. The highest BCUT2D eigenvalue weighted by atomic mass is 19.2. The van der Waals surface area contributed by atoms with E-state index in [9.17, 15) is 4.79 Å². The Morgan fingerprint density at radius 1 is 0.417 bits per heavy atom. The predicted octanol–water partition coefficient (Wildman–Crippen LogP) is 9.84. The Hall–Kier alpha value is -6.17. The van der Waals surface area contributed by atoms with Crippen LogP contribution in [0.2, 0.25) is 0 Å². The molecule has 0 aromatic heterocycles. The molecule has 5 aromatic rings. The first kappa shape index (κ1) is 31.8. The van der Waals surface area contributed by atoms with Crippen molar-refractivity contribution in [1.82, 2.24) is 0 Å². The van der Waals surface area contributed by atoms with E-state index in [-0.39, 0.29) is 23.0 Å². The Morgan fingerprint density at radius 2 is 0.708 bits per heavy atom. The summed E-state index contributed by atoms with van der Waals surface area (Å²) in [5.74, 6) is -24.9. The van der Waals surface area contributed by atoms with E-state index < -0.39 is 69.5 Å². The third-order valence-electron chi connectivity index (χ3n) is 6.67. The lowest BCUT2D eigenvalue weighted by molar-refractivity contribution is -0.119. The summed E-state index contributed by atoms with van der Waals surface area (Å²) in [5, 5.41) is 0. The van der Waals surface area contributed by atoms with Crippen molar-refractivity contribution in [3.05, 3.63) is 162 Å². The van der Waals surface area contributed by atoms with Crippen LogP contribution in [0.4, 0.5) is 26.3 Å². The molecule has 6 nitrogen and oxygen atoms in total. The van der Waals surface area contributed by atoms with Crippen LogP contribution in [0.1, 0.15) is 0 Å². The number of benzene rings is 5. The predicted molar refractivity (Wildman–Crippen MR) is 159 cm³/mol. The zero-order chi connectivity index (χ0) is 33.8. The molecule has 0 bridgehead atoms. The highest BCUT2D eigenvalue weighted by Gasteiger charge is 2.57. The van der Waals surface area contributed by atoms with Crippen LogP contribution in [0, 0.1) is 17.5 Å². The molecule has 0 N–H and O–H groups in total. The quantitative estimate of drug-likeness (QED) is 0.139. The maximum absolute atomic E-state index is 17.5. The van der Waals surface area contributed by atoms with Crippen LogP contribution in [0.15, 0.2) is 144 Å². The van der Waals surface area contributed by atoms with Crippen LogP contribution in [0.5, 0.6) is 40.2 Å². The van der Waals surface area contributed by atoms with E-state index in [4.69, 9.17) is 23.7 Å². The molecule has 0 atom stereocenters. The van der Waals surface area contributed by atoms with Gasteiger partial charge in [-0.2, -0.15) is 26.3 Å². The maximum Gasteiger partial charge on any atom is 0.372 e. The number of para-hydroxylation sites is 4. The van der Waals surface area contributed by atoms with Crippen LogP contribution in [-0.4, -0.2) is 11.6 Å². The van der Waals surface area contributed by atoms with Crippen molar-refractivity contribution in [2.45, 2.75) is 5.85 Å². The van der Waals surface area contributed by atoms with Gasteiger partial charge in [-0.05, 0) is 48.5 Å². The van der Waals surface area contributed by atoms with Gasteiger partial charge in [0.05, 0.1) is 0 Å². The van der Waals surface area contributed by atoms with Crippen LogP contribution in [-0.2, 0) is 4.79 Å². The van der Waals surface area contributed by atoms with Crippen LogP contribution >= 0.6 is 0 Å². The second kappa shape index (κ2) is 13.3. The molecule has 0 saturated heterocycles. The van der Waals surface area contributed by atoms with Crippen molar-refractivity contribution in [2.24, 2.45) is 0 Å². The smallest absolute Gasteiger partial charge is 0.372 e. The topological polar surface area (TPSA) is 63.2 Å². The minimum absolute atomic E-state index is 0.144. The van der Waals surface area contributed by atoms with Gasteiger partial charge >= 0.3 is 5.85 Å². The number of rotatable bonds is 10. The van der Waals surface area contributed by atoms with Crippen molar-refractivity contribution in [1.29, 1.82) is 0 Å². The van der Waals surface area contributed by atoms with E-state index in [1.54, 1.807) is 12.1 Å². The Kier molecular flexibility index (Phi) is 8.80. The zero-order valence-electron chi connectivity index (χ0n) is 24.3. The number of halogens is 6. The lowest BCUT2D eigenvalue weighted by Gasteiger charge is -2.33. The zero-order valence-corrected chi connectivity index (χ0v) is 24.3. The molecule has 242 valence electrons. The van der Waals surface area contributed by atoms with Gasteiger partial charge in [0, 0.05) is 0 Å². The molecule has 5 aromatic carbocycles. The number of Topliss-reactive ketones (excluding diaryl/α,β-unsaturated/α-hetero) is 1. The summed E-state index contributed by atoms with van der Waals surface area (Å²) in [7, 11) is 0. The molecule has 0 radical (unpaired) electrons. The van der Waals surface area contributed by atoms with Crippen molar-refractivity contribution >= 4 is 5.78 Å². The summed E-state index contributed by atoms with van der Waals surface area (Å²) < 4.78 is 123. The van der Waals surface area contributed by atoms with E-state index in [2.05, 4.69) is 0 Å². The summed E-state index contributed by atoms with van der Waals surface area (Å²) in [6.45, 7) is 0. The van der Waals surface area contributed by atoms with E-state index in [1.165, 1.54) is 109 Å². The van der Waals surface area contributed by atoms with Crippen LogP contribution in [0.25, 0.3) is 0 Å². The standard InChI is InChI=1S/C36H20F6O6/c37-25-30(43)26(38)35(47-24-19-11-4-12-20-24)36(42,34(25)46-23-17-9-3-10-18-23)48-33-28(40)31(44-21-13-5-1-6-14-21)27(39)32(29(33)41)45-22-15-7-2-8-16-22/h1-20H. The molecule has 1 aliphatic carbocycles. The Bertz CT molecular complexity index is 1880. The monoisotopic (exact) mass is 662 g/mol. The van der Waals surface area contributed by atoms with Crippen molar-refractivity contribution in [2.75, 3.05) is 0 Å².